The zero-order valence-electron chi connectivity index (χ0n) is 23.8. The van der Waals surface area contributed by atoms with E-state index in [1.54, 1.807) is 24.7 Å². The molecule has 6 aromatic rings. The fourth-order valence-corrected chi connectivity index (χ4v) is 6.06. The fraction of sp³-hybridized carbons (Fsp3) is 0.219. The molecule has 1 aliphatic rings. The topological polar surface area (TPSA) is 146 Å². The smallest absolute Gasteiger partial charge is 0.227 e. The van der Waals surface area contributed by atoms with Gasteiger partial charge in [0.2, 0.25) is 5.91 Å². The molecule has 3 N–H and O–H groups in total. The number of imidazole rings is 1. The molecule has 10 nitrogen and oxygen atoms in total. The summed E-state index contributed by atoms with van der Waals surface area (Å²) in [5.74, 6) is 0.108. The summed E-state index contributed by atoms with van der Waals surface area (Å²) in [6, 6.07) is 14.0. The van der Waals surface area contributed by atoms with Crippen LogP contribution in [0.25, 0.3) is 55.8 Å². The fourth-order valence-electron chi connectivity index (χ4n) is 5.46. The molecule has 0 aliphatic heterocycles. The van der Waals surface area contributed by atoms with E-state index in [1.165, 1.54) is 18.4 Å². The maximum atomic E-state index is 14.6. The Morgan fingerprint density at radius 2 is 1.89 bits per heavy atom. The van der Waals surface area contributed by atoms with Crippen molar-refractivity contribution in [1.29, 1.82) is 0 Å². The van der Waals surface area contributed by atoms with Gasteiger partial charge in [0.1, 0.15) is 21.3 Å². The molecule has 0 radical (unpaired) electrons. The van der Waals surface area contributed by atoms with Crippen LogP contribution in [0.15, 0.2) is 67.1 Å². The van der Waals surface area contributed by atoms with Crippen LogP contribution >= 0.6 is 0 Å². The molecule has 1 amide bonds. The first-order chi connectivity index (χ1) is 21.2. The second-order valence-electron chi connectivity index (χ2n) is 11.3. The van der Waals surface area contributed by atoms with Gasteiger partial charge in [0.15, 0.2) is 11.5 Å². The lowest BCUT2D eigenvalue weighted by atomic mass is 9.85. The lowest BCUT2D eigenvalue weighted by Crippen LogP contribution is -2.28. The number of benzene rings is 2. The van der Waals surface area contributed by atoms with Gasteiger partial charge in [0, 0.05) is 41.3 Å². The number of nitrogens with zero attached hydrogens (tertiary/aromatic N) is 4. The van der Waals surface area contributed by atoms with Gasteiger partial charge in [0.05, 0.1) is 34.1 Å². The van der Waals surface area contributed by atoms with E-state index >= 15 is 0 Å². The zero-order chi connectivity index (χ0) is 30.4. The van der Waals surface area contributed by atoms with E-state index < -0.39 is 15.7 Å². The highest BCUT2D eigenvalue weighted by Gasteiger charge is 2.25. The van der Waals surface area contributed by atoms with E-state index in [9.17, 15) is 17.6 Å². The number of hydrogen-bond acceptors (Lipinski definition) is 7. The molecule has 1 aliphatic carbocycles. The number of halogens is 1. The molecule has 1 fully saturated rings. The maximum absolute atomic E-state index is 14.6. The highest BCUT2D eigenvalue weighted by atomic mass is 32.2. The molecule has 0 spiro atoms. The summed E-state index contributed by atoms with van der Waals surface area (Å²) in [6.07, 6.45) is 9.37. The molecule has 0 saturated heterocycles. The predicted molar refractivity (Wildman–Crippen MR) is 167 cm³/mol. The third-order valence-corrected chi connectivity index (χ3v) is 8.95. The molecule has 7 rings (SSSR count). The number of carbonyl (C=O) groups is 1. The van der Waals surface area contributed by atoms with Crippen molar-refractivity contribution in [3.63, 3.8) is 0 Å². The number of anilines is 1. The summed E-state index contributed by atoms with van der Waals surface area (Å²) >= 11 is 0. The van der Waals surface area contributed by atoms with E-state index in [2.05, 4.69) is 30.5 Å². The molecule has 0 unspecified atom stereocenters. The van der Waals surface area contributed by atoms with Gasteiger partial charge in [-0.25, -0.2) is 22.8 Å². The molecule has 1 saturated carbocycles. The van der Waals surface area contributed by atoms with Gasteiger partial charge in [-0.05, 0) is 60.7 Å². The van der Waals surface area contributed by atoms with Crippen molar-refractivity contribution in [2.45, 2.75) is 25.7 Å². The molecule has 4 heterocycles. The number of aromatic nitrogens is 6. The van der Waals surface area contributed by atoms with Crippen molar-refractivity contribution in [2.75, 3.05) is 17.3 Å². The normalized spacial score (nSPS) is 13.8. The number of para-hydroxylation sites is 1. The van der Waals surface area contributed by atoms with Crippen molar-refractivity contribution in [3.05, 3.63) is 78.5 Å². The molecule has 44 heavy (non-hydrogen) atoms. The summed E-state index contributed by atoms with van der Waals surface area (Å²) in [4.78, 5) is 29.5. The number of pyridine rings is 2. The van der Waals surface area contributed by atoms with Crippen LogP contribution in [-0.2, 0) is 21.1 Å². The van der Waals surface area contributed by atoms with Crippen molar-refractivity contribution in [3.8, 4) is 33.8 Å². The average molecular weight is 610 g/mol. The van der Waals surface area contributed by atoms with E-state index in [0.29, 0.717) is 45.1 Å². The number of hydrogen-bond donors (Lipinski definition) is 3. The quantitative estimate of drug-likeness (QED) is 0.201. The van der Waals surface area contributed by atoms with Crippen LogP contribution in [0.3, 0.4) is 0 Å². The van der Waals surface area contributed by atoms with Gasteiger partial charge in [0.25, 0.3) is 0 Å². The molecule has 0 bridgehead atoms. The van der Waals surface area contributed by atoms with Crippen LogP contribution < -0.4 is 5.32 Å². The summed E-state index contributed by atoms with van der Waals surface area (Å²) in [7, 11) is -3.19. The Balaban J connectivity index is 1.23. The lowest BCUT2D eigenvalue weighted by molar-refractivity contribution is -0.122. The number of amides is 1. The largest absolute Gasteiger partial charge is 0.337 e. The molecular weight excluding hydrogens is 581 g/mol. The predicted octanol–water partition coefficient (Wildman–Crippen LogP) is 5.70. The number of H-pyrrole nitrogens is 2. The SMILES string of the molecule is CS(=O)(=O)CCc1cc(F)cc(-c2cccc3[nH]c(-c4[nH]nc5ncc(-c6cncc(NC(=O)C7CCC7)c6)cc45)nc23)c1. The van der Waals surface area contributed by atoms with Gasteiger partial charge < -0.3 is 10.3 Å². The Hall–Kier alpha value is -4.97. The van der Waals surface area contributed by atoms with E-state index in [1.807, 2.05) is 30.3 Å². The van der Waals surface area contributed by atoms with Crippen molar-refractivity contribution in [1.82, 2.24) is 30.1 Å². The summed E-state index contributed by atoms with van der Waals surface area (Å²) in [6.45, 7) is 0. The Morgan fingerprint density at radius 1 is 1.05 bits per heavy atom. The second-order valence-corrected chi connectivity index (χ2v) is 13.5. The Morgan fingerprint density at radius 3 is 2.68 bits per heavy atom. The third kappa shape index (κ3) is 5.55. The summed E-state index contributed by atoms with van der Waals surface area (Å²) in [5.41, 5.74) is 6.64. The Bertz CT molecular complexity index is 2170. The van der Waals surface area contributed by atoms with Crippen molar-refractivity contribution >= 4 is 43.5 Å². The van der Waals surface area contributed by atoms with Gasteiger partial charge >= 0.3 is 0 Å². The van der Waals surface area contributed by atoms with Crippen molar-refractivity contribution in [2.24, 2.45) is 5.92 Å². The molecular formula is C32H28FN7O3S. The molecule has 12 heteroatoms. The van der Waals surface area contributed by atoms with Crippen LogP contribution in [0.2, 0.25) is 0 Å². The second kappa shape index (κ2) is 10.9. The standard InChI is InChI=1S/C32H28FN7O3S/c1-44(42,43)9-8-18-10-20(12-23(33)11-18)25-6-3-7-27-28(25)38-31(37-27)29-26-14-22(16-35-30(26)40-39-29)21-13-24(17-34-15-21)36-32(41)19-4-2-5-19/h3,6-7,10-17,19H,2,4-5,8-9H2,1H3,(H,36,41)(H,37,38)(H,35,39,40). The van der Waals surface area contributed by atoms with Gasteiger partial charge in [-0.3, -0.25) is 14.9 Å². The third-order valence-electron chi connectivity index (χ3n) is 8.00. The van der Waals surface area contributed by atoms with E-state index in [0.717, 1.165) is 41.3 Å². The number of rotatable bonds is 8. The summed E-state index contributed by atoms with van der Waals surface area (Å²) in [5, 5.41) is 11.1. The lowest BCUT2D eigenvalue weighted by Gasteiger charge is -2.24. The Labute approximate surface area is 252 Å². The number of carbonyl (C=O) groups excluding carboxylic acids is 1. The number of aryl methyl sites for hydroxylation is 1. The first-order valence-corrected chi connectivity index (χ1v) is 16.3. The number of nitrogens with one attached hydrogen (secondary N) is 3. The Kier molecular flexibility index (Phi) is 6.92. The van der Waals surface area contributed by atoms with Gasteiger partial charge in [-0.1, -0.05) is 24.6 Å². The minimum atomic E-state index is -3.19. The van der Waals surface area contributed by atoms with Gasteiger partial charge in [-0.2, -0.15) is 5.10 Å². The highest BCUT2D eigenvalue weighted by molar-refractivity contribution is 7.90. The van der Waals surface area contributed by atoms with Crippen LogP contribution in [0.1, 0.15) is 24.8 Å². The first-order valence-electron chi connectivity index (χ1n) is 14.3. The van der Waals surface area contributed by atoms with Crippen molar-refractivity contribution < 1.29 is 17.6 Å². The molecule has 4 aromatic heterocycles. The zero-order valence-corrected chi connectivity index (χ0v) is 24.6. The summed E-state index contributed by atoms with van der Waals surface area (Å²) < 4.78 is 38.0. The van der Waals surface area contributed by atoms with Crippen LogP contribution in [-0.4, -0.2) is 56.5 Å². The van der Waals surface area contributed by atoms with Crippen LogP contribution in [0.5, 0.6) is 0 Å². The average Bonchev–Trinajstić information content (AvgIpc) is 3.58. The molecule has 222 valence electrons. The number of aromatic amines is 2. The van der Waals surface area contributed by atoms with E-state index in [4.69, 9.17) is 4.98 Å². The van der Waals surface area contributed by atoms with Crippen LogP contribution in [0, 0.1) is 11.7 Å². The molecule has 2 aromatic carbocycles. The number of sulfone groups is 1. The molecule has 0 atom stereocenters. The van der Waals surface area contributed by atoms with E-state index in [-0.39, 0.29) is 24.0 Å². The van der Waals surface area contributed by atoms with Gasteiger partial charge in [-0.15, -0.1) is 0 Å². The minimum Gasteiger partial charge on any atom is -0.337 e. The first kappa shape index (κ1) is 27.8. The monoisotopic (exact) mass is 609 g/mol. The maximum Gasteiger partial charge on any atom is 0.227 e. The number of fused-ring (bicyclic) bond motifs is 2. The highest BCUT2D eigenvalue weighted by Crippen LogP contribution is 2.34. The van der Waals surface area contributed by atoms with Crippen LogP contribution in [0.4, 0.5) is 10.1 Å². The minimum absolute atomic E-state index is 0.0218.